The smallest absolute Gasteiger partial charge is 0.311 e. The summed E-state index contributed by atoms with van der Waals surface area (Å²) in [5.41, 5.74) is 1.56. The molecule has 3 heteroatoms. The molecule has 0 heterocycles. The van der Waals surface area contributed by atoms with E-state index in [0.717, 1.165) is 5.56 Å². The van der Waals surface area contributed by atoms with E-state index in [0.29, 0.717) is 5.56 Å². The molecule has 3 nitrogen and oxygen atoms in total. The molecule has 0 unspecified atom stereocenters. The van der Waals surface area contributed by atoms with Crippen molar-refractivity contribution in [1.29, 1.82) is 5.26 Å². The Labute approximate surface area is 112 Å². The van der Waals surface area contributed by atoms with Gasteiger partial charge in [0.25, 0.3) is 0 Å². The Hall–Kier alpha value is -2.60. The van der Waals surface area contributed by atoms with Gasteiger partial charge in [0.05, 0.1) is 6.42 Å². The zero-order valence-electron chi connectivity index (χ0n) is 10.3. The maximum atomic E-state index is 11.8. The van der Waals surface area contributed by atoms with Crippen molar-refractivity contribution in [2.24, 2.45) is 0 Å². The number of nitrogens with zero attached hydrogens (tertiary/aromatic N) is 1. The zero-order valence-corrected chi connectivity index (χ0v) is 10.3. The standard InChI is InChI=1S/C16H13NO2/c17-12-15(14-9-5-2-6-10-14)19-16(18)11-13-7-3-1-4-8-13/h1-10,15H,11H2/t15-/m1/s1. The number of benzene rings is 2. The number of carbonyl (C=O) groups is 1. The molecule has 0 saturated heterocycles. The molecule has 0 radical (unpaired) electrons. The molecule has 0 saturated carbocycles. The molecule has 2 aromatic rings. The average Bonchev–Trinajstić information content (AvgIpc) is 2.47. The van der Waals surface area contributed by atoms with Crippen molar-refractivity contribution in [3.05, 3.63) is 71.8 Å². The van der Waals surface area contributed by atoms with Crippen LogP contribution in [0.3, 0.4) is 0 Å². The minimum absolute atomic E-state index is 0.172. The van der Waals surface area contributed by atoms with Crippen LogP contribution in [0.2, 0.25) is 0 Å². The maximum Gasteiger partial charge on any atom is 0.311 e. The van der Waals surface area contributed by atoms with Gasteiger partial charge in [-0.1, -0.05) is 60.7 Å². The van der Waals surface area contributed by atoms with E-state index < -0.39 is 12.1 Å². The highest BCUT2D eigenvalue weighted by Gasteiger charge is 2.15. The Morgan fingerprint density at radius 2 is 1.63 bits per heavy atom. The number of rotatable bonds is 4. The predicted octanol–water partition coefficient (Wildman–Crippen LogP) is 3.04. The summed E-state index contributed by atoms with van der Waals surface area (Å²) in [6, 6.07) is 20.3. The first kappa shape index (κ1) is 12.8. The van der Waals surface area contributed by atoms with Crippen LogP contribution in [0.5, 0.6) is 0 Å². The highest BCUT2D eigenvalue weighted by atomic mass is 16.5. The summed E-state index contributed by atoms with van der Waals surface area (Å²) in [6.07, 6.45) is -0.677. The second-order valence-electron chi connectivity index (χ2n) is 4.07. The highest BCUT2D eigenvalue weighted by molar-refractivity contribution is 5.73. The summed E-state index contributed by atoms with van der Waals surface area (Å²) in [6.45, 7) is 0. The van der Waals surface area contributed by atoms with Crippen molar-refractivity contribution in [2.75, 3.05) is 0 Å². The number of ether oxygens (including phenoxy) is 1. The topological polar surface area (TPSA) is 50.1 Å². The molecule has 0 amide bonds. The van der Waals surface area contributed by atoms with E-state index in [-0.39, 0.29) is 6.42 Å². The van der Waals surface area contributed by atoms with E-state index in [4.69, 9.17) is 10.00 Å². The molecule has 1 atom stereocenters. The van der Waals surface area contributed by atoms with Crippen LogP contribution in [-0.4, -0.2) is 5.97 Å². The normalized spacial score (nSPS) is 11.3. The molecule has 2 aromatic carbocycles. The van der Waals surface area contributed by atoms with Crippen LogP contribution in [-0.2, 0) is 16.0 Å². The molecule has 0 aliphatic rings. The van der Waals surface area contributed by atoms with Crippen LogP contribution in [0, 0.1) is 11.3 Å². The summed E-state index contributed by atoms with van der Waals surface area (Å²) in [5, 5.41) is 9.07. The van der Waals surface area contributed by atoms with Gasteiger partial charge in [0.2, 0.25) is 6.10 Å². The van der Waals surface area contributed by atoms with E-state index in [9.17, 15) is 4.79 Å². The monoisotopic (exact) mass is 251 g/mol. The Morgan fingerprint density at radius 3 is 2.21 bits per heavy atom. The molecule has 0 aliphatic carbocycles. The third kappa shape index (κ3) is 3.68. The second-order valence-corrected chi connectivity index (χ2v) is 4.07. The van der Waals surface area contributed by atoms with Gasteiger partial charge in [-0.05, 0) is 5.56 Å². The van der Waals surface area contributed by atoms with Gasteiger partial charge in [-0.25, -0.2) is 0 Å². The number of hydrogen-bond donors (Lipinski definition) is 0. The van der Waals surface area contributed by atoms with Crippen LogP contribution in [0.15, 0.2) is 60.7 Å². The summed E-state index contributed by atoms with van der Waals surface area (Å²) >= 11 is 0. The molecule has 94 valence electrons. The predicted molar refractivity (Wildman–Crippen MR) is 71.0 cm³/mol. The van der Waals surface area contributed by atoms with Crippen LogP contribution in [0.4, 0.5) is 0 Å². The van der Waals surface area contributed by atoms with E-state index >= 15 is 0 Å². The van der Waals surface area contributed by atoms with Gasteiger partial charge in [-0.15, -0.1) is 0 Å². The van der Waals surface area contributed by atoms with Gasteiger partial charge >= 0.3 is 5.97 Å². The quantitative estimate of drug-likeness (QED) is 0.785. The summed E-state index contributed by atoms with van der Waals surface area (Å²) in [4.78, 5) is 11.8. The van der Waals surface area contributed by atoms with E-state index in [1.54, 1.807) is 12.1 Å². The first-order valence-electron chi connectivity index (χ1n) is 5.97. The summed E-state index contributed by atoms with van der Waals surface area (Å²) < 4.78 is 5.19. The SMILES string of the molecule is N#C[C@@H](OC(=O)Cc1ccccc1)c1ccccc1. The highest BCUT2D eigenvalue weighted by Crippen LogP contribution is 2.17. The van der Waals surface area contributed by atoms with Gasteiger partial charge in [0, 0.05) is 5.56 Å². The van der Waals surface area contributed by atoms with Gasteiger partial charge in [-0.2, -0.15) is 5.26 Å². The van der Waals surface area contributed by atoms with Crippen molar-refractivity contribution in [3.63, 3.8) is 0 Å². The molecule has 0 aromatic heterocycles. The lowest BCUT2D eigenvalue weighted by Crippen LogP contribution is -2.12. The number of carbonyl (C=O) groups excluding carboxylic acids is 1. The largest absolute Gasteiger partial charge is 0.442 e. The molecule has 0 bridgehead atoms. The molecule has 0 aliphatic heterocycles. The molecule has 0 spiro atoms. The lowest BCUT2D eigenvalue weighted by Gasteiger charge is -2.11. The first-order chi connectivity index (χ1) is 9.29. The van der Waals surface area contributed by atoms with Gasteiger partial charge in [-0.3, -0.25) is 4.79 Å². The fourth-order valence-corrected chi connectivity index (χ4v) is 1.73. The molecule has 2 rings (SSSR count). The summed E-state index contributed by atoms with van der Waals surface area (Å²) in [5.74, 6) is -0.401. The second kappa shape index (κ2) is 6.36. The van der Waals surface area contributed by atoms with Crippen LogP contribution >= 0.6 is 0 Å². The van der Waals surface area contributed by atoms with Crippen LogP contribution in [0.1, 0.15) is 17.2 Å². The fraction of sp³-hybridized carbons (Fsp3) is 0.125. The van der Waals surface area contributed by atoms with Crippen molar-refractivity contribution in [3.8, 4) is 6.07 Å². The Balaban J connectivity index is 2.00. The lowest BCUT2D eigenvalue weighted by atomic mass is 10.1. The number of esters is 1. The fourth-order valence-electron chi connectivity index (χ4n) is 1.73. The lowest BCUT2D eigenvalue weighted by molar-refractivity contribution is -0.146. The van der Waals surface area contributed by atoms with Gasteiger partial charge < -0.3 is 4.74 Å². The maximum absolute atomic E-state index is 11.8. The van der Waals surface area contributed by atoms with E-state index in [2.05, 4.69) is 0 Å². The number of hydrogen-bond acceptors (Lipinski definition) is 3. The van der Waals surface area contributed by atoms with Crippen molar-refractivity contribution in [1.82, 2.24) is 0 Å². The summed E-state index contributed by atoms with van der Waals surface area (Å²) in [7, 11) is 0. The molecule has 0 N–H and O–H groups in total. The van der Waals surface area contributed by atoms with Crippen LogP contribution < -0.4 is 0 Å². The van der Waals surface area contributed by atoms with Gasteiger partial charge in [0.1, 0.15) is 6.07 Å². The Kier molecular flexibility index (Phi) is 4.30. The van der Waals surface area contributed by atoms with Crippen LogP contribution in [0.25, 0.3) is 0 Å². The molecular weight excluding hydrogens is 238 g/mol. The van der Waals surface area contributed by atoms with Crippen molar-refractivity contribution < 1.29 is 9.53 Å². The Bertz CT molecular complexity index is 573. The minimum Gasteiger partial charge on any atom is -0.442 e. The van der Waals surface area contributed by atoms with Crippen molar-refractivity contribution in [2.45, 2.75) is 12.5 Å². The van der Waals surface area contributed by atoms with Gasteiger partial charge in [0.15, 0.2) is 0 Å². The minimum atomic E-state index is -0.850. The average molecular weight is 251 g/mol. The molecule has 0 fully saturated rings. The van der Waals surface area contributed by atoms with E-state index in [1.165, 1.54) is 0 Å². The Morgan fingerprint density at radius 1 is 1.05 bits per heavy atom. The molecule has 19 heavy (non-hydrogen) atoms. The first-order valence-corrected chi connectivity index (χ1v) is 5.97. The number of nitriles is 1. The third-order valence-corrected chi connectivity index (χ3v) is 2.66. The zero-order chi connectivity index (χ0) is 13.5. The third-order valence-electron chi connectivity index (χ3n) is 2.66. The molecular formula is C16H13NO2. The van der Waals surface area contributed by atoms with E-state index in [1.807, 2.05) is 54.6 Å². The van der Waals surface area contributed by atoms with Crippen molar-refractivity contribution >= 4 is 5.97 Å².